The zero-order valence-corrected chi connectivity index (χ0v) is 11.6. The van der Waals surface area contributed by atoms with E-state index >= 15 is 0 Å². The Labute approximate surface area is 121 Å². The second-order valence-corrected chi connectivity index (χ2v) is 5.15. The van der Waals surface area contributed by atoms with Gasteiger partial charge in [0.05, 0.1) is 5.69 Å². The molecule has 0 atom stereocenters. The number of H-pyrrole nitrogens is 1. The Morgan fingerprint density at radius 3 is 2.90 bits per heavy atom. The first-order valence-corrected chi connectivity index (χ1v) is 6.66. The molecular weight excluding hydrogens is 271 g/mol. The van der Waals surface area contributed by atoms with Crippen molar-refractivity contribution >= 4 is 22.4 Å². The molecule has 4 nitrogen and oxygen atoms in total. The Bertz CT molecular complexity index is 789. The molecule has 0 radical (unpaired) electrons. The second kappa shape index (κ2) is 4.77. The number of carbonyl (C=O) groups excluding carboxylic acids is 1. The van der Waals surface area contributed by atoms with Crippen LogP contribution in [0.3, 0.4) is 0 Å². The molecule has 1 aromatic heterocycles. The predicted octanol–water partition coefficient (Wildman–Crippen LogP) is 3.34. The maximum absolute atomic E-state index is 13.8. The molecule has 0 spiro atoms. The van der Waals surface area contributed by atoms with Gasteiger partial charge in [0.1, 0.15) is 17.1 Å². The SMILES string of the molecule is C=C(C)N1CCC(O)=C(c2cc3c(F)cccc3[nH]2)C1=O. The van der Waals surface area contributed by atoms with Gasteiger partial charge in [-0.05, 0) is 25.1 Å². The Balaban J connectivity index is 2.14. The maximum Gasteiger partial charge on any atom is 0.263 e. The Hall–Kier alpha value is -2.56. The summed E-state index contributed by atoms with van der Waals surface area (Å²) >= 11 is 0. The third-order valence-corrected chi connectivity index (χ3v) is 3.66. The first kappa shape index (κ1) is 13.4. The summed E-state index contributed by atoms with van der Waals surface area (Å²) in [6.45, 7) is 5.91. The van der Waals surface area contributed by atoms with Gasteiger partial charge in [0, 0.05) is 29.6 Å². The van der Waals surface area contributed by atoms with Crippen LogP contribution in [0.4, 0.5) is 4.39 Å². The molecule has 0 bridgehead atoms. The first-order valence-electron chi connectivity index (χ1n) is 6.66. The van der Waals surface area contributed by atoms with E-state index in [1.807, 2.05) is 0 Å². The Morgan fingerprint density at radius 1 is 1.48 bits per heavy atom. The van der Waals surface area contributed by atoms with Crippen molar-refractivity contribution < 1.29 is 14.3 Å². The molecule has 1 aliphatic rings. The van der Waals surface area contributed by atoms with Crippen molar-refractivity contribution in [1.29, 1.82) is 0 Å². The van der Waals surface area contributed by atoms with E-state index in [9.17, 15) is 14.3 Å². The van der Waals surface area contributed by atoms with Crippen molar-refractivity contribution in [2.24, 2.45) is 0 Å². The normalized spacial score (nSPS) is 15.9. The molecule has 1 aliphatic heterocycles. The number of hydrogen-bond donors (Lipinski definition) is 2. The molecule has 108 valence electrons. The summed E-state index contributed by atoms with van der Waals surface area (Å²) in [4.78, 5) is 17.0. The van der Waals surface area contributed by atoms with Crippen molar-refractivity contribution in [1.82, 2.24) is 9.88 Å². The topological polar surface area (TPSA) is 56.3 Å². The molecule has 0 saturated carbocycles. The number of nitrogens with one attached hydrogen (secondary N) is 1. The van der Waals surface area contributed by atoms with E-state index in [-0.39, 0.29) is 23.1 Å². The van der Waals surface area contributed by atoms with Crippen molar-refractivity contribution in [3.63, 3.8) is 0 Å². The van der Waals surface area contributed by atoms with Crippen LogP contribution in [0.25, 0.3) is 16.5 Å². The number of aromatic amines is 1. The number of aliphatic hydroxyl groups excluding tert-OH is 1. The van der Waals surface area contributed by atoms with Crippen molar-refractivity contribution in [2.75, 3.05) is 6.54 Å². The molecule has 1 aromatic carbocycles. The molecule has 0 fully saturated rings. The fourth-order valence-electron chi connectivity index (χ4n) is 2.59. The number of benzene rings is 1. The molecule has 5 heteroatoms. The lowest BCUT2D eigenvalue weighted by Gasteiger charge is -2.28. The smallest absolute Gasteiger partial charge is 0.263 e. The lowest BCUT2D eigenvalue weighted by molar-refractivity contribution is -0.124. The number of halogens is 1. The van der Waals surface area contributed by atoms with Crippen molar-refractivity contribution in [3.8, 4) is 0 Å². The number of allylic oxidation sites excluding steroid dienone is 1. The molecular formula is C16H15FN2O2. The number of aliphatic hydroxyl groups is 1. The molecule has 2 heterocycles. The van der Waals surface area contributed by atoms with Gasteiger partial charge in [-0.1, -0.05) is 12.6 Å². The van der Waals surface area contributed by atoms with Gasteiger partial charge in [-0.3, -0.25) is 4.79 Å². The minimum Gasteiger partial charge on any atom is -0.511 e. The summed E-state index contributed by atoms with van der Waals surface area (Å²) < 4.78 is 13.8. The zero-order valence-electron chi connectivity index (χ0n) is 11.6. The number of fused-ring (bicyclic) bond motifs is 1. The van der Waals surface area contributed by atoms with Crippen LogP contribution in [-0.2, 0) is 4.79 Å². The minimum atomic E-state index is -0.366. The van der Waals surface area contributed by atoms with E-state index < -0.39 is 0 Å². The van der Waals surface area contributed by atoms with Crippen LogP contribution in [0.15, 0.2) is 42.3 Å². The van der Waals surface area contributed by atoms with Gasteiger partial charge in [-0.2, -0.15) is 0 Å². The third-order valence-electron chi connectivity index (χ3n) is 3.66. The fourth-order valence-corrected chi connectivity index (χ4v) is 2.59. The monoisotopic (exact) mass is 286 g/mol. The summed E-state index contributed by atoms with van der Waals surface area (Å²) in [7, 11) is 0. The summed E-state index contributed by atoms with van der Waals surface area (Å²) in [6.07, 6.45) is 0.353. The molecule has 0 aliphatic carbocycles. The third kappa shape index (κ3) is 2.11. The molecule has 2 aromatic rings. The summed E-state index contributed by atoms with van der Waals surface area (Å²) in [5.74, 6) is -0.669. The number of carbonyl (C=O) groups is 1. The highest BCUT2D eigenvalue weighted by Crippen LogP contribution is 2.30. The molecule has 0 saturated heterocycles. The van der Waals surface area contributed by atoms with E-state index in [4.69, 9.17) is 0 Å². The largest absolute Gasteiger partial charge is 0.511 e. The highest BCUT2D eigenvalue weighted by molar-refractivity contribution is 6.21. The lowest BCUT2D eigenvalue weighted by atomic mass is 10.0. The number of hydrogen-bond acceptors (Lipinski definition) is 2. The van der Waals surface area contributed by atoms with E-state index in [1.54, 1.807) is 25.1 Å². The summed E-state index contributed by atoms with van der Waals surface area (Å²) in [5, 5.41) is 10.5. The van der Waals surface area contributed by atoms with E-state index in [0.29, 0.717) is 35.3 Å². The van der Waals surface area contributed by atoms with E-state index in [2.05, 4.69) is 11.6 Å². The van der Waals surface area contributed by atoms with Gasteiger partial charge in [0.2, 0.25) is 0 Å². The van der Waals surface area contributed by atoms with Crippen LogP contribution < -0.4 is 0 Å². The number of rotatable bonds is 2. The van der Waals surface area contributed by atoms with Crippen LogP contribution in [-0.4, -0.2) is 27.4 Å². The molecule has 1 amide bonds. The van der Waals surface area contributed by atoms with Gasteiger partial charge in [0.25, 0.3) is 5.91 Å². The van der Waals surface area contributed by atoms with Gasteiger partial charge >= 0.3 is 0 Å². The van der Waals surface area contributed by atoms with Gasteiger partial charge < -0.3 is 15.0 Å². The van der Waals surface area contributed by atoms with E-state index in [1.165, 1.54) is 11.0 Å². The molecule has 0 unspecified atom stereocenters. The van der Waals surface area contributed by atoms with Crippen LogP contribution in [0.1, 0.15) is 19.0 Å². The fraction of sp³-hybridized carbons (Fsp3) is 0.188. The average molecular weight is 286 g/mol. The molecule has 21 heavy (non-hydrogen) atoms. The summed E-state index contributed by atoms with van der Waals surface area (Å²) in [6, 6.07) is 6.23. The van der Waals surface area contributed by atoms with Gasteiger partial charge in [0.15, 0.2) is 0 Å². The first-order chi connectivity index (χ1) is 9.99. The van der Waals surface area contributed by atoms with Crippen LogP contribution in [0.2, 0.25) is 0 Å². The Morgan fingerprint density at radius 2 is 2.24 bits per heavy atom. The van der Waals surface area contributed by atoms with Crippen LogP contribution in [0, 0.1) is 5.82 Å². The van der Waals surface area contributed by atoms with Gasteiger partial charge in [-0.25, -0.2) is 4.39 Å². The Kier molecular flexibility index (Phi) is 3.05. The maximum atomic E-state index is 13.8. The quantitative estimate of drug-likeness (QED) is 0.889. The number of aromatic nitrogens is 1. The molecule has 2 N–H and O–H groups in total. The lowest BCUT2D eigenvalue weighted by Crippen LogP contribution is -2.35. The summed E-state index contributed by atoms with van der Waals surface area (Å²) in [5.41, 5.74) is 1.81. The minimum absolute atomic E-state index is 0.0180. The zero-order chi connectivity index (χ0) is 15.1. The molecule has 3 rings (SSSR count). The number of amides is 1. The van der Waals surface area contributed by atoms with E-state index in [0.717, 1.165) is 0 Å². The standard InChI is InChI=1S/C16H15FN2O2/c1-9(2)19-7-6-14(20)15(16(19)21)13-8-10-11(17)4-3-5-12(10)18-13/h3-5,8,18,20H,1,6-7H2,2H3. The van der Waals surface area contributed by atoms with Crippen molar-refractivity contribution in [2.45, 2.75) is 13.3 Å². The number of nitrogens with zero attached hydrogens (tertiary/aromatic N) is 1. The van der Waals surface area contributed by atoms with Crippen LogP contribution >= 0.6 is 0 Å². The van der Waals surface area contributed by atoms with Gasteiger partial charge in [-0.15, -0.1) is 0 Å². The van der Waals surface area contributed by atoms with Crippen molar-refractivity contribution in [3.05, 3.63) is 53.8 Å². The van der Waals surface area contributed by atoms with Crippen LogP contribution in [0.5, 0.6) is 0 Å². The highest BCUT2D eigenvalue weighted by atomic mass is 19.1. The highest BCUT2D eigenvalue weighted by Gasteiger charge is 2.29. The predicted molar refractivity (Wildman–Crippen MR) is 78.9 cm³/mol. The second-order valence-electron chi connectivity index (χ2n) is 5.15. The average Bonchev–Trinajstić information content (AvgIpc) is 2.83.